The number of aromatic nitrogens is 3. The lowest BCUT2D eigenvalue weighted by atomic mass is 10.2. The van der Waals surface area contributed by atoms with E-state index in [0.29, 0.717) is 25.6 Å². The maximum Gasteiger partial charge on any atom is 0.151 e. The topological polar surface area (TPSA) is 66.0 Å². The van der Waals surface area contributed by atoms with Crippen molar-refractivity contribution in [2.45, 2.75) is 6.54 Å². The second-order valence-electron chi connectivity index (χ2n) is 4.72. The molecule has 0 radical (unpaired) electrons. The first kappa shape index (κ1) is 14.1. The Labute approximate surface area is 128 Å². The average molecular weight is 292 g/mol. The summed E-state index contributed by atoms with van der Waals surface area (Å²) in [5.41, 5.74) is 8.47. The summed E-state index contributed by atoms with van der Waals surface area (Å²) < 4.78 is 7.54. The van der Waals surface area contributed by atoms with E-state index in [0.717, 1.165) is 16.6 Å². The van der Waals surface area contributed by atoms with Crippen molar-refractivity contribution in [3.05, 3.63) is 54.5 Å². The molecule has 0 aliphatic carbocycles. The van der Waals surface area contributed by atoms with Crippen LogP contribution in [0.1, 0.15) is 5.56 Å². The molecule has 0 bridgehead atoms. The van der Waals surface area contributed by atoms with Gasteiger partial charge in [-0.2, -0.15) is 0 Å². The lowest BCUT2D eigenvalue weighted by Gasteiger charge is -2.04. The lowest BCUT2D eigenvalue weighted by Crippen LogP contribution is -2.05. The Morgan fingerprint density at radius 3 is 2.86 bits per heavy atom. The van der Waals surface area contributed by atoms with Crippen molar-refractivity contribution >= 4 is 16.9 Å². The summed E-state index contributed by atoms with van der Waals surface area (Å²) in [6, 6.07) is 11.8. The van der Waals surface area contributed by atoms with Gasteiger partial charge in [0.05, 0.1) is 18.5 Å². The molecule has 0 saturated carbocycles. The van der Waals surface area contributed by atoms with Crippen LogP contribution < -0.4 is 5.73 Å². The fraction of sp³-hybridized carbons (Fsp3) is 0.176. The van der Waals surface area contributed by atoms with E-state index in [4.69, 9.17) is 10.5 Å². The number of hydrogen-bond donors (Lipinski definition) is 1. The standard InChI is InChI=1S/C17H16N4O/c18-17-16-15(8-9-19-17)21(13-20-16)10-12-22-11-4-7-14-5-2-1-3-6-14/h1-3,5-6,8-9,13H,10-12H2,(H2,18,19). The number of nitrogen functional groups attached to an aromatic ring is 1. The summed E-state index contributed by atoms with van der Waals surface area (Å²) in [5, 5.41) is 0. The molecular formula is C17H16N4O. The first-order chi connectivity index (χ1) is 10.8. The third-order valence-electron chi connectivity index (χ3n) is 3.22. The van der Waals surface area contributed by atoms with Gasteiger partial charge >= 0.3 is 0 Å². The average Bonchev–Trinajstić information content (AvgIpc) is 2.96. The molecule has 2 heterocycles. The van der Waals surface area contributed by atoms with Gasteiger partial charge in [0, 0.05) is 18.3 Å². The summed E-state index contributed by atoms with van der Waals surface area (Å²) >= 11 is 0. The molecule has 110 valence electrons. The summed E-state index contributed by atoms with van der Waals surface area (Å²) in [7, 11) is 0. The van der Waals surface area contributed by atoms with Crippen molar-refractivity contribution in [2.24, 2.45) is 0 Å². The van der Waals surface area contributed by atoms with Crippen LogP contribution in [0.5, 0.6) is 0 Å². The molecule has 3 aromatic rings. The zero-order valence-electron chi connectivity index (χ0n) is 12.1. The molecule has 0 spiro atoms. The second kappa shape index (κ2) is 6.74. The van der Waals surface area contributed by atoms with Gasteiger partial charge in [0.15, 0.2) is 5.82 Å². The van der Waals surface area contributed by atoms with Crippen LogP contribution in [-0.2, 0) is 11.3 Å². The summed E-state index contributed by atoms with van der Waals surface area (Å²) in [6.07, 6.45) is 3.43. The predicted octanol–water partition coefficient (Wildman–Crippen LogP) is 2.08. The Bertz CT molecular complexity index is 815. The maximum absolute atomic E-state index is 5.78. The van der Waals surface area contributed by atoms with Crippen LogP contribution in [0, 0.1) is 11.8 Å². The highest BCUT2D eigenvalue weighted by molar-refractivity contribution is 5.84. The van der Waals surface area contributed by atoms with Crippen LogP contribution in [-0.4, -0.2) is 27.7 Å². The van der Waals surface area contributed by atoms with E-state index in [1.54, 1.807) is 12.5 Å². The van der Waals surface area contributed by atoms with Crippen LogP contribution >= 0.6 is 0 Å². The molecule has 0 unspecified atom stereocenters. The number of anilines is 1. The number of nitrogens with zero attached hydrogens (tertiary/aromatic N) is 3. The quantitative estimate of drug-likeness (QED) is 0.590. The Hall–Kier alpha value is -2.84. The monoisotopic (exact) mass is 292 g/mol. The number of pyridine rings is 1. The molecule has 0 amide bonds. The van der Waals surface area contributed by atoms with Gasteiger partial charge in [-0.15, -0.1) is 0 Å². The number of nitrogens with two attached hydrogens (primary N) is 1. The highest BCUT2D eigenvalue weighted by atomic mass is 16.5. The third-order valence-corrected chi connectivity index (χ3v) is 3.22. The number of ether oxygens (including phenoxy) is 1. The first-order valence-corrected chi connectivity index (χ1v) is 7.01. The van der Waals surface area contributed by atoms with Crippen LogP contribution in [0.25, 0.3) is 11.0 Å². The highest BCUT2D eigenvalue weighted by Crippen LogP contribution is 2.16. The number of benzene rings is 1. The largest absolute Gasteiger partial charge is 0.382 e. The highest BCUT2D eigenvalue weighted by Gasteiger charge is 2.05. The molecule has 0 aliphatic heterocycles. The molecule has 0 saturated heterocycles. The first-order valence-electron chi connectivity index (χ1n) is 7.01. The Kier molecular flexibility index (Phi) is 4.33. The molecule has 1 aromatic carbocycles. The van der Waals surface area contributed by atoms with Gasteiger partial charge in [-0.25, -0.2) is 9.97 Å². The van der Waals surface area contributed by atoms with Crippen LogP contribution in [0.3, 0.4) is 0 Å². The van der Waals surface area contributed by atoms with Gasteiger partial charge in [0.2, 0.25) is 0 Å². The maximum atomic E-state index is 5.78. The molecule has 5 heteroatoms. The van der Waals surface area contributed by atoms with Gasteiger partial charge in [-0.05, 0) is 18.2 Å². The van der Waals surface area contributed by atoms with Crippen molar-refractivity contribution in [3.8, 4) is 11.8 Å². The van der Waals surface area contributed by atoms with Crippen LogP contribution in [0.4, 0.5) is 5.82 Å². The minimum atomic E-state index is 0.408. The molecule has 22 heavy (non-hydrogen) atoms. The Morgan fingerprint density at radius 1 is 1.14 bits per heavy atom. The van der Waals surface area contributed by atoms with Crippen LogP contribution in [0.2, 0.25) is 0 Å². The number of hydrogen-bond acceptors (Lipinski definition) is 4. The van der Waals surface area contributed by atoms with Gasteiger partial charge < -0.3 is 15.0 Å². The minimum Gasteiger partial charge on any atom is -0.382 e. The molecule has 2 N–H and O–H groups in total. The molecule has 0 aliphatic rings. The van der Waals surface area contributed by atoms with E-state index < -0.39 is 0 Å². The minimum absolute atomic E-state index is 0.408. The van der Waals surface area contributed by atoms with Gasteiger partial charge in [-0.3, -0.25) is 0 Å². The SMILES string of the molecule is Nc1nccc2c1ncn2CCOCC#Cc1ccccc1. The molecule has 3 rings (SSSR count). The fourth-order valence-corrected chi connectivity index (χ4v) is 2.14. The number of imidazole rings is 1. The summed E-state index contributed by atoms with van der Waals surface area (Å²) in [4.78, 5) is 8.29. The number of rotatable bonds is 4. The van der Waals surface area contributed by atoms with E-state index in [2.05, 4.69) is 21.8 Å². The number of fused-ring (bicyclic) bond motifs is 1. The van der Waals surface area contributed by atoms with E-state index in [-0.39, 0.29) is 0 Å². The molecule has 0 fully saturated rings. The van der Waals surface area contributed by atoms with Crippen molar-refractivity contribution in [1.29, 1.82) is 0 Å². The van der Waals surface area contributed by atoms with Gasteiger partial charge in [0.1, 0.15) is 12.1 Å². The zero-order valence-corrected chi connectivity index (χ0v) is 12.1. The zero-order chi connectivity index (χ0) is 15.2. The van der Waals surface area contributed by atoms with Crippen molar-refractivity contribution < 1.29 is 4.74 Å². The molecule has 0 atom stereocenters. The molecular weight excluding hydrogens is 276 g/mol. The van der Waals surface area contributed by atoms with E-state index in [1.807, 2.05) is 41.0 Å². The van der Waals surface area contributed by atoms with Crippen molar-refractivity contribution in [3.63, 3.8) is 0 Å². The normalized spacial score (nSPS) is 10.4. The lowest BCUT2D eigenvalue weighted by molar-refractivity contribution is 0.158. The van der Waals surface area contributed by atoms with Gasteiger partial charge in [-0.1, -0.05) is 30.0 Å². The third kappa shape index (κ3) is 3.25. The van der Waals surface area contributed by atoms with Crippen molar-refractivity contribution in [2.75, 3.05) is 18.9 Å². The van der Waals surface area contributed by atoms with Gasteiger partial charge in [0.25, 0.3) is 0 Å². The van der Waals surface area contributed by atoms with E-state index in [9.17, 15) is 0 Å². The van der Waals surface area contributed by atoms with E-state index in [1.165, 1.54) is 0 Å². The summed E-state index contributed by atoms with van der Waals surface area (Å²) in [5.74, 6) is 6.51. The second-order valence-corrected chi connectivity index (χ2v) is 4.72. The smallest absolute Gasteiger partial charge is 0.151 e. The van der Waals surface area contributed by atoms with Crippen molar-refractivity contribution in [1.82, 2.24) is 14.5 Å². The summed E-state index contributed by atoms with van der Waals surface area (Å²) in [6.45, 7) is 1.68. The molecule has 5 nitrogen and oxygen atoms in total. The fourth-order valence-electron chi connectivity index (χ4n) is 2.14. The Morgan fingerprint density at radius 2 is 2.00 bits per heavy atom. The van der Waals surface area contributed by atoms with Crippen LogP contribution in [0.15, 0.2) is 48.9 Å². The predicted molar refractivity (Wildman–Crippen MR) is 86.1 cm³/mol. The molecule has 2 aromatic heterocycles. The Balaban J connectivity index is 1.51. The van der Waals surface area contributed by atoms with E-state index >= 15 is 0 Å².